The minimum atomic E-state index is -2.77. The lowest BCUT2D eigenvalue weighted by molar-refractivity contribution is -0.0498. The first-order valence-corrected chi connectivity index (χ1v) is 4.86. The Hall–Kier alpha value is -1.60. The molecule has 86 valence electrons. The fourth-order valence-corrected chi connectivity index (χ4v) is 1.15. The third-order valence-electron chi connectivity index (χ3n) is 1.87. The fraction of sp³-hybridized carbons (Fsp3) is 0.333. The smallest absolute Gasteiger partial charge is 0.387 e. The lowest BCUT2D eigenvalue weighted by Crippen LogP contribution is -2.13. The molecule has 0 amide bonds. The second-order valence-electron chi connectivity index (χ2n) is 3.05. The molecule has 0 heterocycles. The zero-order chi connectivity index (χ0) is 11.8. The number of hydrogen-bond acceptors (Lipinski definition) is 2. The van der Waals surface area contributed by atoms with Gasteiger partial charge in [0.25, 0.3) is 0 Å². The first kappa shape index (κ1) is 12.5. The van der Waals surface area contributed by atoms with Crippen LogP contribution in [0.4, 0.5) is 8.78 Å². The third kappa shape index (κ3) is 4.76. The van der Waals surface area contributed by atoms with Crippen LogP contribution in [0.2, 0.25) is 0 Å². The summed E-state index contributed by atoms with van der Waals surface area (Å²) >= 11 is 0. The Morgan fingerprint density at radius 3 is 2.56 bits per heavy atom. The standard InChI is InChI=1S/C12H13F2NO/c1-2-3-8-15-9-10-4-6-11(7-5-10)16-12(13)14/h4-7,12,15H,8-9H2,1H3. The molecule has 4 heteroatoms. The van der Waals surface area contributed by atoms with Crippen molar-refractivity contribution >= 4 is 0 Å². The van der Waals surface area contributed by atoms with Gasteiger partial charge in [-0.15, -0.1) is 5.92 Å². The summed E-state index contributed by atoms with van der Waals surface area (Å²) in [7, 11) is 0. The molecular formula is C12H13F2NO. The molecule has 16 heavy (non-hydrogen) atoms. The van der Waals surface area contributed by atoms with Gasteiger partial charge in [-0.2, -0.15) is 8.78 Å². The van der Waals surface area contributed by atoms with Crippen molar-refractivity contribution in [2.24, 2.45) is 0 Å². The van der Waals surface area contributed by atoms with Crippen LogP contribution in [0.5, 0.6) is 5.75 Å². The van der Waals surface area contributed by atoms with Gasteiger partial charge in [-0.25, -0.2) is 0 Å². The fourth-order valence-electron chi connectivity index (χ4n) is 1.15. The highest BCUT2D eigenvalue weighted by atomic mass is 19.3. The quantitative estimate of drug-likeness (QED) is 0.613. The number of rotatable bonds is 5. The number of benzene rings is 1. The zero-order valence-corrected chi connectivity index (χ0v) is 8.97. The molecule has 0 spiro atoms. The molecule has 2 nitrogen and oxygen atoms in total. The van der Waals surface area contributed by atoms with E-state index in [9.17, 15) is 8.78 Å². The monoisotopic (exact) mass is 225 g/mol. The molecule has 0 aliphatic carbocycles. The molecule has 1 rings (SSSR count). The summed E-state index contributed by atoms with van der Waals surface area (Å²) in [5, 5.41) is 3.10. The molecule has 0 bridgehead atoms. The number of halogens is 2. The van der Waals surface area contributed by atoms with Gasteiger partial charge >= 0.3 is 6.61 Å². The molecule has 0 unspecified atom stereocenters. The minimum absolute atomic E-state index is 0.173. The van der Waals surface area contributed by atoms with Crippen molar-refractivity contribution in [3.63, 3.8) is 0 Å². The maximum Gasteiger partial charge on any atom is 0.387 e. The predicted molar refractivity (Wildman–Crippen MR) is 58.2 cm³/mol. The summed E-state index contributed by atoms with van der Waals surface area (Å²) in [4.78, 5) is 0. The first-order chi connectivity index (χ1) is 7.72. The molecular weight excluding hydrogens is 212 g/mol. The van der Waals surface area contributed by atoms with E-state index >= 15 is 0 Å². The average molecular weight is 225 g/mol. The van der Waals surface area contributed by atoms with E-state index in [0.717, 1.165) is 5.56 Å². The molecule has 0 saturated carbocycles. The van der Waals surface area contributed by atoms with Crippen LogP contribution < -0.4 is 10.1 Å². The van der Waals surface area contributed by atoms with Crippen LogP contribution in [-0.2, 0) is 6.54 Å². The van der Waals surface area contributed by atoms with E-state index in [4.69, 9.17) is 0 Å². The minimum Gasteiger partial charge on any atom is -0.435 e. The highest BCUT2D eigenvalue weighted by Crippen LogP contribution is 2.14. The number of hydrogen-bond donors (Lipinski definition) is 1. The van der Waals surface area contributed by atoms with Gasteiger partial charge in [0.15, 0.2) is 0 Å². The second-order valence-corrected chi connectivity index (χ2v) is 3.05. The average Bonchev–Trinajstić information content (AvgIpc) is 2.26. The van der Waals surface area contributed by atoms with E-state index in [1.54, 1.807) is 19.1 Å². The Labute approximate surface area is 93.6 Å². The van der Waals surface area contributed by atoms with Crippen molar-refractivity contribution in [1.29, 1.82) is 0 Å². The van der Waals surface area contributed by atoms with E-state index in [1.807, 2.05) is 0 Å². The Balaban J connectivity index is 2.41. The molecule has 0 aromatic heterocycles. The number of ether oxygens (including phenoxy) is 1. The number of alkyl halides is 2. The summed E-state index contributed by atoms with van der Waals surface area (Å²) in [6, 6.07) is 6.53. The van der Waals surface area contributed by atoms with E-state index in [0.29, 0.717) is 13.1 Å². The van der Waals surface area contributed by atoms with Crippen molar-refractivity contribution in [3.05, 3.63) is 29.8 Å². The van der Waals surface area contributed by atoms with Crippen LogP contribution in [0.25, 0.3) is 0 Å². The van der Waals surface area contributed by atoms with Gasteiger partial charge < -0.3 is 10.1 Å². The van der Waals surface area contributed by atoms with Crippen LogP contribution in [0.1, 0.15) is 12.5 Å². The molecule has 0 aliphatic heterocycles. The van der Waals surface area contributed by atoms with Gasteiger partial charge in [0.2, 0.25) is 0 Å². The summed E-state index contributed by atoms with van der Waals surface area (Å²) < 4.78 is 28.0. The van der Waals surface area contributed by atoms with Gasteiger partial charge in [-0.05, 0) is 24.6 Å². The van der Waals surface area contributed by atoms with Gasteiger partial charge in [0, 0.05) is 6.54 Å². The molecule has 0 fully saturated rings. The van der Waals surface area contributed by atoms with Crippen LogP contribution in [0, 0.1) is 11.8 Å². The molecule has 1 N–H and O–H groups in total. The van der Waals surface area contributed by atoms with Gasteiger partial charge in [-0.1, -0.05) is 18.1 Å². The van der Waals surface area contributed by atoms with Crippen LogP contribution in [-0.4, -0.2) is 13.2 Å². The van der Waals surface area contributed by atoms with Gasteiger partial charge in [0.05, 0.1) is 6.54 Å². The van der Waals surface area contributed by atoms with Crippen LogP contribution in [0.15, 0.2) is 24.3 Å². The SMILES string of the molecule is CC#CCNCc1ccc(OC(F)F)cc1. The molecule has 0 saturated heterocycles. The van der Waals surface area contributed by atoms with Crippen LogP contribution >= 0.6 is 0 Å². The van der Waals surface area contributed by atoms with Crippen LogP contribution in [0.3, 0.4) is 0 Å². The first-order valence-electron chi connectivity index (χ1n) is 4.86. The maximum absolute atomic E-state index is 11.9. The molecule has 0 radical (unpaired) electrons. The van der Waals surface area contributed by atoms with E-state index in [-0.39, 0.29) is 5.75 Å². The Morgan fingerprint density at radius 1 is 1.31 bits per heavy atom. The van der Waals surface area contributed by atoms with Crippen molar-refractivity contribution < 1.29 is 13.5 Å². The second kappa shape index (κ2) is 6.81. The number of nitrogens with one attached hydrogen (secondary N) is 1. The Bertz CT molecular complexity index is 365. The Morgan fingerprint density at radius 2 is 2.00 bits per heavy atom. The molecule has 0 atom stereocenters. The van der Waals surface area contributed by atoms with Crippen molar-refractivity contribution in [2.75, 3.05) is 6.54 Å². The molecule has 0 aliphatic rings. The predicted octanol–water partition coefficient (Wildman–Crippen LogP) is 2.40. The van der Waals surface area contributed by atoms with Gasteiger partial charge in [0.1, 0.15) is 5.75 Å². The zero-order valence-electron chi connectivity index (χ0n) is 8.97. The van der Waals surface area contributed by atoms with E-state index in [2.05, 4.69) is 21.9 Å². The molecule has 1 aromatic carbocycles. The third-order valence-corrected chi connectivity index (χ3v) is 1.87. The summed E-state index contributed by atoms with van der Waals surface area (Å²) in [6.07, 6.45) is 0. The van der Waals surface area contributed by atoms with Crippen molar-refractivity contribution in [3.8, 4) is 17.6 Å². The lowest BCUT2D eigenvalue weighted by Gasteiger charge is -2.05. The maximum atomic E-state index is 11.9. The normalized spacial score (nSPS) is 9.75. The Kier molecular flexibility index (Phi) is 5.30. The van der Waals surface area contributed by atoms with E-state index in [1.165, 1.54) is 12.1 Å². The lowest BCUT2D eigenvalue weighted by atomic mass is 10.2. The van der Waals surface area contributed by atoms with E-state index < -0.39 is 6.61 Å². The topological polar surface area (TPSA) is 21.3 Å². The van der Waals surface area contributed by atoms with Crippen molar-refractivity contribution in [2.45, 2.75) is 20.1 Å². The summed E-state index contributed by atoms with van der Waals surface area (Å²) in [5.41, 5.74) is 1.000. The highest BCUT2D eigenvalue weighted by Gasteiger charge is 2.03. The molecule has 1 aromatic rings. The largest absolute Gasteiger partial charge is 0.435 e. The van der Waals surface area contributed by atoms with Gasteiger partial charge in [-0.3, -0.25) is 0 Å². The van der Waals surface area contributed by atoms with Crippen molar-refractivity contribution in [1.82, 2.24) is 5.32 Å². The summed E-state index contributed by atoms with van der Waals surface area (Å²) in [5.74, 6) is 5.81. The summed E-state index contributed by atoms with van der Waals surface area (Å²) in [6.45, 7) is 0.275. The highest BCUT2D eigenvalue weighted by molar-refractivity contribution is 5.27.